The number of likely N-dealkylation sites (tertiary alicyclic amines) is 1. The van der Waals surface area contributed by atoms with Crippen molar-refractivity contribution < 1.29 is 0 Å². The Bertz CT molecular complexity index is 134. The van der Waals surface area contributed by atoms with E-state index in [2.05, 4.69) is 11.8 Å². The molecule has 1 heterocycles. The number of rotatable bonds is 2. The third kappa shape index (κ3) is 3.26. The van der Waals surface area contributed by atoms with Crippen molar-refractivity contribution in [2.24, 2.45) is 5.92 Å². The summed E-state index contributed by atoms with van der Waals surface area (Å²) in [5.74, 6) is 0.868. The lowest BCUT2D eigenvalue weighted by atomic mass is 10.0. The van der Waals surface area contributed by atoms with Crippen molar-refractivity contribution in [1.29, 1.82) is 0 Å². The van der Waals surface area contributed by atoms with E-state index in [0.717, 1.165) is 12.5 Å². The van der Waals surface area contributed by atoms with E-state index in [0.29, 0.717) is 0 Å². The first-order chi connectivity index (χ1) is 5.33. The summed E-state index contributed by atoms with van der Waals surface area (Å²) in [5, 5.41) is 0. The summed E-state index contributed by atoms with van der Waals surface area (Å²) in [4.78, 5) is 2.45. The summed E-state index contributed by atoms with van der Waals surface area (Å²) in [7, 11) is 0. The van der Waals surface area contributed by atoms with Gasteiger partial charge in [0.25, 0.3) is 0 Å². The molecule has 1 atom stereocenters. The third-order valence-electron chi connectivity index (χ3n) is 2.19. The van der Waals surface area contributed by atoms with Crippen LogP contribution in [-0.4, -0.2) is 24.5 Å². The standard InChI is InChI=1S/C9H16ClN/c1-9-4-2-6-11(8-9)7-3-5-10/h3,5,9H,2,4,6-8H2,1H3/b5-3+/t9-/m0/s1. The summed E-state index contributed by atoms with van der Waals surface area (Å²) in [6.45, 7) is 5.82. The van der Waals surface area contributed by atoms with Gasteiger partial charge in [0.1, 0.15) is 0 Å². The predicted molar refractivity (Wildman–Crippen MR) is 49.8 cm³/mol. The lowest BCUT2D eigenvalue weighted by Crippen LogP contribution is -2.34. The second-order valence-corrected chi connectivity index (χ2v) is 3.62. The molecular formula is C9H16ClN. The molecule has 1 saturated heterocycles. The molecule has 2 heteroatoms. The van der Waals surface area contributed by atoms with Crippen LogP contribution in [0.3, 0.4) is 0 Å². The first kappa shape index (κ1) is 9.08. The van der Waals surface area contributed by atoms with Crippen molar-refractivity contribution in [2.75, 3.05) is 19.6 Å². The maximum absolute atomic E-state index is 5.45. The smallest absolute Gasteiger partial charge is 0.0174 e. The topological polar surface area (TPSA) is 3.24 Å². The van der Waals surface area contributed by atoms with Gasteiger partial charge in [-0.3, -0.25) is 4.90 Å². The maximum atomic E-state index is 5.45. The van der Waals surface area contributed by atoms with Crippen molar-refractivity contribution in [1.82, 2.24) is 4.90 Å². The van der Waals surface area contributed by atoms with E-state index in [9.17, 15) is 0 Å². The van der Waals surface area contributed by atoms with Gasteiger partial charge in [-0.25, -0.2) is 0 Å². The van der Waals surface area contributed by atoms with Crippen molar-refractivity contribution in [3.63, 3.8) is 0 Å². The highest BCUT2D eigenvalue weighted by Crippen LogP contribution is 2.14. The van der Waals surface area contributed by atoms with E-state index in [4.69, 9.17) is 11.6 Å². The Balaban J connectivity index is 2.22. The summed E-state index contributed by atoms with van der Waals surface area (Å²) in [5.41, 5.74) is 1.61. The molecule has 0 radical (unpaired) electrons. The van der Waals surface area contributed by atoms with Crippen LogP contribution in [0, 0.1) is 5.92 Å². The van der Waals surface area contributed by atoms with E-state index in [1.165, 1.54) is 25.9 Å². The van der Waals surface area contributed by atoms with E-state index < -0.39 is 0 Å². The molecule has 1 aliphatic heterocycles. The quantitative estimate of drug-likeness (QED) is 0.620. The molecule has 0 spiro atoms. The number of hydrogen-bond acceptors (Lipinski definition) is 1. The van der Waals surface area contributed by atoms with Crippen molar-refractivity contribution >= 4 is 11.6 Å². The average Bonchev–Trinajstić information content (AvgIpc) is 2.01. The Morgan fingerprint density at radius 3 is 3.09 bits per heavy atom. The van der Waals surface area contributed by atoms with Crippen LogP contribution in [0.25, 0.3) is 0 Å². The Morgan fingerprint density at radius 1 is 1.64 bits per heavy atom. The molecule has 1 nitrogen and oxygen atoms in total. The second-order valence-electron chi connectivity index (χ2n) is 3.37. The number of piperidine rings is 1. The van der Waals surface area contributed by atoms with Crippen LogP contribution in [0.5, 0.6) is 0 Å². The highest BCUT2D eigenvalue weighted by molar-refractivity contribution is 6.25. The molecule has 64 valence electrons. The van der Waals surface area contributed by atoms with Gasteiger partial charge in [0.2, 0.25) is 0 Å². The molecule has 0 unspecified atom stereocenters. The van der Waals surface area contributed by atoms with Gasteiger partial charge in [-0.2, -0.15) is 0 Å². The van der Waals surface area contributed by atoms with Crippen LogP contribution in [-0.2, 0) is 0 Å². The van der Waals surface area contributed by atoms with Gasteiger partial charge in [-0.05, 0) is 25.3 Å². The minimum atomic E-state index is 0.868. The van der Waals surface area contributed by atoms with E-state index in [1.54, 1.807) is 5.54 Å². The largest absolute Gasteiger partial charge is 0.299 e. The summed E-state index contributed by atoms with van der Waals surface area (Å²) >= 11 is 5.45. The average molecular weight is 174 g/mol. The normalized spacial score (nSPS) is 28.0. The summed E-state index contributed by atoms with van der Waals surface area (Å²) < 4.78 is 0. The van der Waals surface area contributed by atoms with Gasteiger partial charge in [-0.15, -0.1) is 0 Å². The number of nitrogens with zero attached hydrogens (tertiary/aromatic N) is 1. The second kappa shape index (κ2) is 4.78. The van der Waals surface area contributed by atoms with Gasteiger partial charge >= 0.3 is 0 Å². The zero-order chi connectivity index (χ0) is 8.10. The first-order valence-corrected chi connectivity index (χ1v) is 4.74. The Morgan fingerprint density at radius 2 is 2.45 bits per heavy atom. The molecule has 1 aliphatic rings. The molecule has 0 amide bonds. The SMILES string of the molecule is C[C@H]1CCCN(C/C=C/Cl)C1. The van der Waals surface area contributed by atoms with Crippen LogP contribution in [0.4, 0.5) is 0 Å². The molecule has 0 saturated carbocycles. The predicted octanol–water partition coefficient (Wildman–Crippen LogP) is 2.47. The zero-order valence-electron chi connectivity index (χ0n) is 7.09. The minimum Gasteiger partial charge on any atom is -0.299 e. The fourth-order valence-electron chi connectivity index (χ4n) is 1.64. The third-order valence-corrected chi connectivity index (χ3v) is 2.37. The molecular weight excluding hydrogens is 158 g/mol. The van der Waals surface area contributed by atoms with Crippen molar-refractivity contribution in [2.45, 2.75) is 19.8 Å². The van der Waals surface area contributed by atoms with Crippen LogP contribution in [0.1, 0.15) is 19.8 Å². The van der Waals surface area contributed by atoms with Gasteiger partial charge in [0.15, 0.2) is 0 Å². The lowest BCUT2D eigenvalue weighted by molar-refractivity contribution is 0.201. The van der Waals surface area contributed by atoms with E-state index >= 15 is 0 Å². The summed E-state index contributed by atoms with van der Waals surface area (Å²) in [6.07, 6.45) is 4.75. The van der Waals surface area contributed by atoms with Gasteiger partial charge in [-0.1, -0.05) is 24.6 Å². The monoisotopic (exact) mass is 173 g/mol. The maximum Gasteiger partial charge on any atom is 0.0174 e. The molecule has 0 aromatic rings. The van der Waals surface area contributed by atoms with E-state index in [1.807, 2.05) is 6.08 Å². The van der Waals surface area contributed by atoms with Gasteiger partial charge in [0.05, 0.1) is 0 Å². The van der Waals surface area contributed by atoms with Crippen molar-refractivity contribution in [3.05, 3.63) is 11.6 Å². The first-order valence-electron chi connectivity index (χ1n) is 4.30. The van der Waals surface area contributed by atoms with Crippen LogP contribution in [0.15, 0.2) is 11.6 Å². The van der Waals surface area contributed by atoms with Crippen LogP contribution in [0.2, 0.25) is 0 Å². The Labute approximate surface area is 74.0 Å². The van der Waals surface area contributed by atoms with Gasteiger partial charge in [0, 0.05) is 18.6 Å². The van der Waals surface area contributed by atoms with Gasteiger partial charge < -0.3 is 0 Å². The van der Waals surface area contributed by atoms with Crippen molar-refractivity contribution in [3.8, 4) is 0 Å². The Hall–Kier alpha value is -0.0100. The highest BCUT2D eigenvalue weighted by Gasteiger charge is 2.14. The number of halogens is 1. The molecule has 0 bridgehead atoms. The molecule has 0 aromatic heterocycles. The molecule has 0 N–H and O–H groups in total. The fourth-order valence-corrected chi connectivity index (χ4v) is 1.72. The minimum absolute atomic E-state index is 0.868. The lowest BCUT2D eigenvalue weighted by Gasteiger charge is -2.29. The van der Waals surface area contributed by atoms with Crippen LogP contribution >= 0.6 is 11.6 Å². The molecule has 1 fully saturated rings. The molecule has 1 rings (SSSR count). The fraction of sp³-hybridized carbons (Fsp3) is 0.778. The Kier molecular flexibility index (Phi) is 3.95. The highest BCUT2D eigenvalue weighted by atomic mass is 35.5. The summed E-state index contributed by atoms with van der Waals surface area (Å²) in [6, 6.07) is 0. The van der Waals surface area contributed by atoms with Crippen LogP contribution < -0.4 is 0 Å². The number of hydrogen-bond donors (Lipinski definition) is 0. The zero-order valence-corrected chi connectivity index (χ0v) is 7.85. The molecule has 11 heavy (non-hydrogen) atoms. The van der Waals surface area contributed by atoms with E-state index in [-0.39, 0.29) is 0 Å². The molecule has 0 aliphatic carbocycles. The molecule has 0 aromatic carbocycles.